The minimum atomic E-state index is 0.196. The Morgan fingerprint density at radius 2 is 1.65 bits per heavy atom. The zero-order chi connectivity index (χ0) is 14.4. The van der Waals surface area contributed by atoms with E-state index in [2.05, 4.69) is 60.6 Å². The molecule has 0 bridgehead atoms. The fourth-order valence-electron chi connectivity index (χ4n) is 2.57. The van der Waals surface area contributed by atoms with Gasteiger partial charge in [-0.25, -0.2) is 0 Å². The van der Waals surface area contributed by atoms with Crippen molar-refractivity contribution in [3.8, 4) is 0 Å². The Kier molecular flexibility index (Phi) is 5.44. The summed E-state index contributed by atoms with van der Waals surface area (Å²) in [7, 11) is 0. The number of rotatable bonds is 6. The van der Waals surface area contributed by atoms with Gasteiger partial charge in [-0.3, -0.25) is 4.90 Å². The van der Waals surface area contributed by atoms with Gasteiger partial charge in [0.1, 0.15) is 0 Å². The van der Waals surface area contributed by atoms with E-state index in [4.69, 9.17) is 0 Å². The van der Waals surface area contributed by atoms with Crippen LogP contribution in [0.3, 0.4) is 0 Å². The number of hydrogen-bond acceptors (Lipinski definition) is 3. The molecule has 112 valence electrons. The smallest absolute Gasteiger partial charge is 0.0340 e. The predicted molar refractivity (Wildman–Crippen MR) is 87.2 cm³/mol. The van der Waals surface area contributed by atoms with Gasteiger partial charge in [-0.1, -0.05) is 12.1 Å². The monoisotopic (exact) mass is 275 g/mol. The van der Waals surface area contributed by atoms with E-state index in [0.717, 1.165) is 19.6 Å². The van der Waals surface area contributed by atoms with Crippen molar-refractivity contribution in [3.63, 3.8) is 0 Å². The second-order valence-electron chi connectivity index (χ2n) is 6.78. The van der Waals surface area contributed by atoms with E-state index in [0.29, 0.717) is 0 Å². The number of nitrogens with zero attached hydrogens (tertiary/aromatic N) is 1. The second-order valence-corrected chi connectivity index (χ2v) is 6.78. The van der Waals surface area contributed by atoms with Crippen molar-refractivity contribution in [3.05, 3.63) is 29.8 Å². The molecule has 3 heteroatoms. The molecule has 0 atom stereocenters. The van der Waals surface area contributed by atoms with Crippen LogP contribution in [0.2, 0.25) is 0 Å². The Morgan fingerprint density at radius 1 is 1.00 bits per heavy atom. The molecule has 0 unspecified atom stereocenters. The summed E-state index contributed by atoms with van der Waals surface area (Å²) in [5.74, 6) is 0. The van der Waals surface area contributed by atoms with Crippen molar-refractivity contribution in [2.45, 2.75) is 45.7 Å². The summed E-state index contributed by atoms with van der Waals surface area (Å²) in [6, 6.07) is 8.89. The van der Waals surface area contributed by atoms with E-state index in [-0.39, 0.29) is 5.54 Å². The fourth-order valence-corrected chi connectivity index (χ4v) is 2.57. The van der Waals surface area contributed by atoms with Gasteiger partial charge in [-0.15, -0.1) is 0 Å². The van der Waals surface area contributed by atoms with Gasteiger partial charge in [0, 0.05) is 30.9 Å². The lowest BCUT2D eigenvalue weighted by Gasteiger charge is -2.20. The number of likely N-dealkylation sites (tertiary alicyclic amines) is 1. The summed E-state index contributed by atoms with van der Waals surface area (Å²) >= 11 is 0. The lowest BCUT2D eigenvalue weighted by molar-refractivity contribution is 0.331. The van der Waals surface area contributed by atoms with E-state index < -0.39 is 0 Å². The van der Waals surface area contributed by atoms with E-state index >= 15 is 0 Å². The maximum atomic E-state index is 3.48. The van der Waals surface area contributed by atoms with Crippen LogP contribution in [0.25, 0.3) is 0 Å². The molecule has 1 aliphatic heterocycles. The van der Waals surface area contributed by atoms with Gasteiger partial charge >= 0.3 is 0 Å². The number of anilines is 1. The minimum absolute atomic E-state index is 0.196. The third-order valence-electron chi connectivity index (χ3n) is 3.67. The number of benzene rings is 1. The van der Waals surface area contributed by atoms with E-state index in [9.17, 15) is 0 Å². The quantitative estimate of drug-likeness (QED) is 0.781. The van der Waals surface area contributed by atoms with Crippen molar-refractivity contribution < 1.29 is 0 Å². The van der Waals surface area contributed by atoms with Crippen LogP contribution in [0.4, 0.5) is 5.69 Å². The largest absolute Gasteiger partial charge is 0.384 e. The van der Waals surface area contributed by atoms with Gasteiger partial charge in [-0.05, 0) is 64.4 Å². The molecule has 1 aromatic rings. The molecule has 2 rings (SSSR count). The Hall–Kier alpha value is -1.06. The number of nitrogens with one attached hydrogen (secondary N) is 2. The predicted octanol–water partition coefficient (Wildman–Crippen LogP) is 3.08. The van der Waals surface area contributed by atoms with Crippen LogP contribution < -0.4 is 10.6 Å². The van der Waals surface area contributed by atoms with Gasteiger partial charge < -0.3 is 10.6 Å². The Bertz CT molecular complexity index is 386. The standard InChI is InChI=1S/C17H29N3/c1-17(2,3)19-11-10-18-16-8-6-15(7-9-16)14-20-12-4-5-13-20/h6-9,18-19H,4-5,10-14H2,1-3H3. The zero-order valence-electron chi connectivity index (χ0n) is 13.2. The highest BCUT2D eigenvalue weighted by molar-refractivity contribution is 5.44. The normalized spacial score (nSPS) is 16.6. The molecule has 1 fully saturated rings. The molecule has 0 spiro atoms. The van der Waals surface area contributed by atoms with Crippen LogP contribution in [0, 0.1) is 0 Å². The van der Waals surface area contributed by atoms with Crippen LogP contribution in [0.15, 0.2) is 24.3 Å². The molecule has 1 aliphatic rings. The molecule has 1 saturated heterocycles. The van der Waals surface area contributed by atoms with Crippen molar-refractivity contribution >= 4 is 5.69 Å². The van der Waals surface area contributed by atoms with Crippen LogP contribution in [-0.2, 0) is 6.54 Å². The highest BCUT2D eigenvalue weighted by atomic mass is 15.1. The summed E-state index contributed by atoms with van der Waals surface area (Å²) in [6.45, 7) is 12.2. The van der Waals surface area contributed by atoms with Gasteiger partial charge in [0.2, 0.25) is 0 Å². The van der Waals surface area contributed by atoms with Crippen LogP contribution in [0.5, 0.6) is 0 Å². The Labute approximate surface area is 123 Å². The molecular weight excluding hydrogens is 246 g/mol. The maximum absolute atomic E-state index is 3.48. The molecule has 0 amide bonds. The number of hydrogen-bond donors (Lipinski definition) is 2. The first-order valence-corrected chi connectivity index (χ1v) is 7.83. The molecule has 1 heterocycles. The third kappa shape index (κ3) is 5.51. The summed E-state index contributed by atoms with van der Waals surface area (Å²) in [5.41, 5.74) is 2.83. The molecule has 3 nitrogen and oxygen atoms in total. The first-order valence-electron chi connectivity index (χ1n) is 7.83. The molecule has 2 N–H and O–H groups in total. The molecular formula is C17H29N3. The van der Waals surface area contributed by atoms with E-state index in [1.165, 1.54) is 37.2 Å². The summed E-state index contributed by atoms with van der Waals surface area (Å²) in [4.78, 5) is 2.54. The van der Waals surface area contributed by atoms with Crippen LogP contribution >= 0.6 is 0 Å². The van der Waals surface area contributed by atoms with Gasteiger partial charge in [0.25, 0.3) is 0 Å². The van der Waals surface area contributed by atoms with Gasteiger partial charge in [-0.2, -0.15) is 0 Å². The highest BCUT2D eigenvalue weighted by Gasteiger charge is 2.11. The van der Waals surface area contributed by atoms with Crippen LogP contribution in [-0.4, -0.2) is 36.6 Å². The van der Waals surface area contributed by atoms with E-state index in [1.54, 1.807) is 0 Å². The Morgan fingerprint density at radius 3 is 2.25 bits per heavy atom. The van der Waals surface area contributed by atoms with E-state index in [1.807, 2.05) is 0 Å². The summed E-state index contributed by atoms with van der Waals surface area (Å²) < 4.78 is 0. The van der Waals surface area contributed by atoms with Gasteiger partial charge in [0.05, 0.1) is 0 Å². The summed E-state index contributed by atoms with van der Waals surface area (Å²) in [5, 5.41) is 6.94. The van der Waals surface area contributed by atoms with Gasteiger partial charge in [0.15, 0.2) is 0 Å². The molecule has 0 saturated carbocycles. The highest BCUT2D eigenvalue weighted by Crippen LogP contribution is 2.15. The first-order chi connectivity index (χ1) is 9.53. The average Bonchev–Trinajstić information content (AvgIpc) is 2.88. The SMILES string of the molecule is CC(C)(C)NCCNc1ccc(CN2CCCC2)cc1. The first kappa shape index (κ1) is 15.3. The lowest BCUT2D eigenvalue weighted by Crippen LogP contribution is -2.38. The van der Waals surface area contributed by atoms with Crippen molar-refractivity contribution in [2.75, 3.05) is 31.5 Å². The molecule has 0 aromatic heterocycles. The maximum Gasteiger partial charge on any atom is 0.0340 e. The third-order valence-corrected chi connectivity index (χ3v) is 3.67. The summed E-state index contributed by atoms with van der Waals surface area (Å²) in [6.07, 6.45) is 2.72. The fraction of sp³-hybridized carbons (Fsp3) is 0.647. The zero-order valence-corrected chi connectivity index (χ0v) is 13.2. The Balaban J connectivity index is 1.71. The topological polar surface area (TPSA) is 27.3 Å². The van der Waals surface area contributed by atoms with Crippen molar-refractivity contribution in [1.82, 2.24) is 10.2 Å². The minimum Gasteiger partial charge on any atom is -0.384 e. The van der Waals surface area contributed by atoms with Crippen molar-refractivity contribution in [1.29, 1.82) is 0 Å². The molecule has 1 aromatic carbocycles. The van der Waals surface area contributed by atoms with Crippen molar-refractivity contribution in [2.24, 2.45) is 0 Å². The molecule has 20 heavy (non-hydrogen) atoms. The second kappa shape index (κ2) is 7.09. The molecule has 0 radical (unpaired) electrons. The lowest BCUT2D eigenvalue weighted by atomic mass is 10.1. The average molecular weight is 275 g/mol. The molecule has 0 aliphatic carbocycles. The van der Waals surface area contributed by atoms with Crippen LogP contribution in [0.1, 0.15) is 39.2 Å².